The maximum absolute atomic E-state index is 11.6. The van der Waals surface area contributed by atoms with Gasteiger partial charge in [0.05, 0.1) is 5.75 Å². The Morgan fingerprint density at radius 3 is 2.50 bits per heavy atom. The fraction of sp³-hybridized carbons (Fsp3) is 0.500. The second kappa shape index (κ2) is 4.70. The van der Waals surface area contributed by atoms with Crippen molar-refractivity contribution in [2.75, 3.05) is 11.6 Å². The fourth-order valence-corrected chi connectivity index (χ4v) is 2.64. The van der Waals surface area contributed by atoms with Crippen molar-refractivity contribution >= 4 is 21.4 Å². The van der Waals surface area contributed by atoms with Crippen molar-refractivity contribution in [3.63, 3.8) is 0 Å². The summed E-state index contributed by atoms with van der Waals surface area (Å²) in [6.07, 6.45) is 2.82. The van der Waals surface area contributed by atoms with Gasteiger partial charge >= 0.3 is 0 Å². The van der Waals surface area contributed by atoms with Crippen LogP contribution < -0.4 is 0 Å². The smallest absolute Gasteiger partial charge is 0.227 e. The Labute approximate surface area is 88.3 Å². The van der Waals surface area contributed by atoms with E-state index in [9.17, 15) is 8.42 Å². The summed E-state index contributed by atoms with van der Waals surface area (Å²) in [6, 6.07) is 1.57. The summed E-state index contributed by atoms with van der Waals surface area (Å²) < 4.78 is 23.2. The van der Waals surface area contributed by atoms with Crippen molar-refractivity contribution in [2.24, 2.45) is 5.92 Å². The largest absolute Gasteiger partial charge is 0.247 e. The third-order valence-corrected chi connectivity index (χ3v) is 3.89. The van der Waals surface area contributed by atoms with Crippen molar-refractivity contribution < 1.29 is 8.42 Å². The lowest BCUT2D eigenvalue weighted by atomic mass is 10.3. The monoisotopic (exact) mass is 234 g/mol. The highest BCUT2D eigenvalue weighted by atomic mass is 35.5. The zero-order chi connectivity index (χ0) is 10.6. The van der Waals surface area contributed by atoms with Gasteiger partial charge in [0.2, 0.25) is 15.0 Å². The summed E-state index contributed by atoms with van der Waals surface area (Å²) in [5.74, 6) is 0.206. The van der Waals surface area contributed by atoms with Gasteiger partial charge in [-0.25, -0.2) is 18.4 Å². The predicted octanol–water partition coefficient (Wildman–Crippen LogP) is 1.13. The van der Waals surface area contributed by atoms with Crippen molar-refractivity contribution in [2.45, 2.75) is 12.1 Å². The van der Waals surface area contributed by atoms with E-state index in [1.165, 1.54) is 12.4 Å². The van der Waals surface area contributed by atoms with Gasteiger partial charge < -0.3 is 0 Å². The van der Waals surface area contributed by atoms with Gasteiger partial charge in [-0.3, -0.25) is 0 Å². The first-order valence-corrected chi connectivity index (χ1v) is 6.30. The number of hydrogen-bond donors (Lipinski definition) is 0. The van der Waals surface area contributed by atoms with Crippen LogP contribution in [0.2, 0.25) is 0 Å². The lowest BCUT2D eigenvalue weighted by Crippen LogP contribution is -2.17. The quantitative estimate of drug-likeness (QED) is 0.579. The molecule has 0 bridgehead atoms. The molecular weight excluding hydrogens is 224 g/mol. The van der Waals surface area contributed by atoms with Crippen LogP contribution in [0.5, 0.6) is 0 Å². The zero-order valence-electron chi connectivity index (χ0n) is 7.72. The molecule has 78 valence electrons. The van der Waals surface area contributed by atoms with Crippen molar-refractivity contribution in [3.05, 3.63) is 18.5 Å². The molecule has 1 unspecified atom stereocenters. The Hall–Kier alpha value is -0.680. The number of hydrogen-bond acceptors (Lipinski definition) is 4. The molecule has 1 aromatic heterocycles. The Balaban J connectivity index is 2.87. The number of sulfone groups is 1. The number of alkyl halides is 1. The number of aromatic nitrogens is 2. The third-order valence-electron chi connectivity index (χ3n) is 1.59. The minimum absolute atomic E-state index is 0.0134. The standard InChI is InChI=1S/C8H11ClN2O2S/c1-7(5-9)6-14(12,13)8-10-3-2-4-11-8/h2-4,7H,5-6H2,1H3. The van der Waals surface area contributed by atoms with Crippen LogP contribution in [0.3, 0.4) is 0 Å². The van der Waals surface area contributed by atoms with E-state index in [-0.39, 0.29) is 16.8 Å². The molecule has 0 fully saturated rings. The first kappa shape index (κ1) is 11.4. The van der Waals surface area contributed by atoms with E-state index >= 15 is 0 Å². The molecule has 0 aliphatic carbocycles. The van der Waals surface area contributed by atoms with Gasteiger partial charge in [-0.1, -0.05) is 6.92 Å². The molecule has 1 heterocycles. The van der Waals surface area contributed by atoms with Crippen LogP contribution in [0.1, 0.15) is 6.92 Å². The first-order chi connectivity index (χ1) is 6.56. The summed E-state index contributed by atoms with van der Waals surface area (Å²) in [5.41, 5.74) is 0. The fourth-order valence-electron chi connectivity index (χ4n) is 0.940. The van der Waals surface area contributed by atoms with Gasteiger partial charge in [-0.05, 0) is 12.0 Å². The van der Waals surface area contributed by atoms with E-state index in [1.807, 2.05) is 0 Å². The summed E-state index contributed by atoms with van der Waals surface area (Å²) in [5, 5.41) is -0.128. The minimum atomic E-state index is -3.38. The molecule has 0 aliphatic heterocycles. The molecular formula is C8H11ClN2O2S. The molecule has 0 spiro atoms. The molecule has 0 amide bonds. The molecule has 1 aromatic rings. The molecule has 0 aliphatic rings. The van der Waals surface area contributed by atoms with E-state index in [2.05, 4.69) is 9.97 Å². The lowest BCUT2D eigenvalue weighted by Gasteiger charge is -2.06. The average molecular weight is 235 g/mol. The van der Waals surface area contributed by atoms with Crippen LogP contribution in [0.25, 0.3) is 0 Å². The topological polar surface area (TPSA) is 59.9 Å². The lowest BCUT2D eigenvalue weighted by molar-refractivity contribution is 0.574. The van der Waals surface area contributed by atoms with Crippen molar-refractivity contribution in [3.8, 4) is 0 Å². The second-order valence-corrected chi connectivity index (χ2v) is 5.31. The van der Waals surface area contributed by atoms with Gasteiger partial charge in [0.15, 0.2) is 0 Å². The van der Waals surface area contributed by atoms with Gasteiger partial charge in [-0.15, -0.1) is 11.6 Å². The highest BCUT2D eigenvalue weighted by Crippen LogP contribution is 2.09. The normalized spacial score (nSPS) is 13.9. The molecule has 6 heteroatoms. The molecule has 0 radical (unpaired) electrons. The molecule has 14 heavy (non-hydrogen) atoms. The summed E-state index contributed by atoms with van der Waals surface area (Å²) in [4.78, 5) is 7.39. The Morgan fingerprint density at radius 2 is 2.00 bits per heavy atom. The molecule has 4 nitrogen and oxygen atoms in total. The SMILES string of the molecule is CC(CCl)CS(=O)(=O)c1ncccn1. The number of nitrogens with zero attached hydrogens (tertiary/aromatic N) is 2. The number of halogens is 1. The maximum atomic E-state index is 11.6. The molecule has 1 rings (SSSR count). The maximum Gasteiger partial charge on any atom is 0.247 e. The highest BCUT2D eigenvalue weighted by molar-refractivity contribution is 7.91. The van der Waals surface area contributed by atoms with Crippen molar-refractivity contribution in [1.29, 1.82) is 0 Å². The van der Waals surface area contributed by atoms with Crippen molar-refractivity contribution in [1.82, 2.24) is 9.97 Å². The molecule has 0 N–H and O–H groups in total. The van der Waals surface area contributed by atoms with Crippen LogP contribution in [0.15, 0.2) is 23.6 Å². The number of rotatable bonds is 4. The van der Waals surface area contributed by atoms with Crippen LogP contribution in [-0.4, -0.2) is 30.0 Å². The van der Waals surface area contributed by atoms with E-state index in [0.717, 1.165) is 0 Å². The molecule has 0 saturated carbocycles. The van der Waals surface area contributed by atoms with E-state index < -0.39 is 9.84 Å². The van der Waals surface area contributed by atoms with Gasteiger partial charge in [-0.2, -0.15) is 0 Å². The van der Waals surface area contributed by atoms with Crippen LogP contribution in [0, 0.1) is 5.92 Å². The Morgan fingerprint density at radius 1 is 1.43 bits per heavy atom. The third kappa shape index (κ3) is 2.92. The Kier molecular flexibility index (Phi) is 3.83. The average Bonchev–Trinajstić information content (AvgIpc) is 2.18. The van der Waals surface area contributed by atoms with Crippen LogP contribution >= 0.6 is 11.6 Å². The minimum Gasteiger partial charge on any atom is -0.227 e. The second-order valence-electron chi connectivity index (χ2n) is 3.07. The van der Waals surface area contributed by atoms with Gasteiger partial charge in [0.25, 0.3) is 0 Å². The zero-order valence-corrected chi connectivity index (χ0v) is 9.29. The highest BCUT2D eigenvalue weighted by Gasteiger charge is 2.20. The van der Waals surface area contributed by atoms with E-state index in [4.69, 9.17) is 11.6 Å². The van der Waals surface area contributed by atoms with Gasteiger partial charge in [0, 0.05) is 18.3 Å². The first-order valence-electron chi connectivity index (χ1n) is 4.12. The molecule has 0 aromatic carbocycles. The van der Waals surface area contributed by atoms with Crippen LogP contribution in [-0.2, 0) is 9.84 Å². The van der Waals surface area contributed by atoms with Gasteiger partial charge in [0.1, 0.15) is 0 Å². The molecule has 0 saturated heterocycles. The van der Waals surface area contributed by atoms with Crippen LogP contribution in [0.4, 0.5) is 0 Å². The summed E-state index contributed by atoms with van der Waals surface area (Å²) >= 11 is 5.54. The summed E-state index contributed by atoms with van der Waals surface area (Å²) in [6.45, 7) is 1.77. The Bertz CT molecular complexity index is 380. The summed E-state index contributed by atoms with van der Waals surface area (Å²) in [7, 11) is -3.38. The van der Waals surface area contributed by atoms with E-state index in [1.54, 1.807) is 13.0 Å². The predicted molar refractivity (Wildman–Crippen MR) is 54.0 cm³/mol. The van der Waals surface area contributed by atoms with E-state index in [0.29, 0.717) is 5.88 Å². The molecule has 1 atom stereocenters.